The lowest BCUT2D eigenvalue weighted by molar-refractivity contribution is 0.0189. The van der Waals surface area contributed by atoms with Crippen LogP contribution in [0.15, 0.2) is 42.5 Å². The number of benzene rings is 3. The maximum atomic E-state index is 15.0. The summed E-state index contributed by atoms with van der Waals surface area (Å²) >= 11 is 0. The number of hydrogen-bond acceptors (Lipinski definition) is 3. The van der Waals surface area contributed by atoms with E-state index in [0.29, 0.717) is 37.7 Å². The highest BCUT2D eigenvalue weighted by molar-refractivity contribution is 5.90. The molecule has 1 aliphatic carbocycles. The first kappa shape index (κ1) is 27.6. The minimum atomic E-state index is -1.23. The number of carbonyl (C=O) groups excluding carboxylic acids is 1. The molecule has 3 aromatic carbocycles. The number of esters is 1. The molecule has 1 saturated carbocycles. The van der Waals surface area contributed by atoms with Crippen LogP contribution in [0.3, 0.4) is 0 Å². The first-order chi connectivity index (χ1) is 18.2. The smallest absolute Gasteiger partial charge is 0.341 e. The maximum absolute atomic E-state index is 15.0. The Morgan fingerprint density at radius 3 is 2.24 bits per heavy atom. The Morgan fingerprint density at radius 1 is 0.842 bits per heavy atom. The van der Waals surface area contributed by atoms with Crippen molar-refractivity contribution in [1.29, 1.82) is 0 Å². The van der Waals surface area contributed by atoms with Gasteiger partial charge < -0.3 is 9.47 Å². The van der Waals surface area contributed by atoms with E-state index in [-0.39, 0.29) is 35.0 Å². The second-order valence-corrected chi connectivity index (χ2v) is 9.62. The standard InChI is InChI=1S/C30H29F5O3/c1-3-4-15-37-25-14-13-22(27(33)29(25)35)21-12-8-19(16-24(21)31)18-6-9-20(10-7-18)38-30(36)23-11-5-17(2)26(32)28(23)34/h5,8,11-14,16,18,20H,3-4,6-7,9-10,15H2,1-2H3. The van der Waals surface area contributed by atoms with Crippen LogP contribution in [0.4, 0.5) is 22.0 Å². The van der Waals surface area contributed by atoms with Gasteiger partial charge in [-0.25, -0.2) is 22.4 Å². The molecule has 0 N–H and O–H groups in total. The highest BCUT2D eigenvalue weighted by Gasteiger charge is 2.28. The number of unbranched alkanes of at least 4 members (excludes halogenated alkanes) is 1. The second kappa shape index (κ2) is 12.0. The molecule has 0 atom stereocenters. The zero-order chi connectivity index (χ0) is 27.4. The number of ether oxygens (including phenoxy) is 2. The van der Waals surface area contributed by atoms with Gasteiger partial charge in [0.05, 0.1) is 12.2 Å². The van der Waals surface area contributed by atoms with Crippen molar-refractivity contribution in [2.75, 3.05) is 6.61 Å². The van der Waals surface area contributed by atoms with E-state index in [1.165, 1.54) is 43.3 Å². The number of halogens is 5. The highest BCUT2D eigenvalue weighted by atomic mass is 19.2. The number of carbonyl (C=O) groups is 1. The zero-order valence-electron chi connectivity index (χ0n) is 21.3. The van der Waals surface area contributed by atoms with Gasteiger partial charge in [-0.05, 0) is 80.3 Å². The molecule has 0 amide bonds. The van der Waals surface area contributed by atoms with Gasteiger partial charge in [0, 0.05) is 11.1 Å². The fraction of sp³-hybridized carbons (Fsp3) is 0.367. The lowest BCUT2D eigenvalue weighted by Crippen LogP contribution is -2.24. The molecule has 1 fully saturated rings. The lowest BCUT2D eigenvalue weighted by Gasteiger charge is -2.29. The van der Waals surface area contributed by atoms with Crippen LogP contribution in [-0.2, 0) is 4.74 Å². The molecule has 0 radical (unpaired) electrons. The van der Waals surface area contributed by atoms with Crippen molar-refractivity contribution in [3.63, 3.8) is 0 Å². The van der Waals surface area contributed by atoms with Crippen molar-refractivity contribution in [3.05, 3.63) is 88.2 Å². The predicted molar refractivity (Wildman–Crippen MR) is 134 cm³/mol. The van der Waals surface area contributed by atoms with E-state index in [1.807, 2.05) is 6.92 Å². The largest absolute Gasteiger partial charge is 0.490 e. The van der Waals surface area contributed by atoms with Crippen LogP contribution in [0.2, 0.25) is 0 Å². The van der Waals surface area contributed by atoms with E-state index in [2.05, 4.69) is 0 Å². The van der Waals surface area contributed by atoms with E-state index in [4.69, 9.17) is 9.47 Å². The van der Waals surface area contributed by atoms with Gasteiger partial charge >= 0.3 is 5.97 Å². The monoisotopic (exact) mass is 532 g/mol. The first-order valence-corrected chi connectivity index (χ1v) is 12.8. The zero-order valence-corrected chi connectivity index (χ0v) is 21.3. The fourth-order valence-corrected chi connectivity index (χ4v) is 4.71. The third-order valence-electron chi connectivity index (χ3n) is 7.00. The summed E-state index contributed by atoms with van der Waals surface area (Å²) in [6.07, 6.45) is 3.17. The molecular weight excluding hydrogens is 503 g/mol. The molecule has 0 bridgehead atoms. The summed E-state index contributed by atoms with van der Waals surface area (Å²) in [6, 6.07) is 9.56. The molecule has 3 nitrogen and oxygen atoms in total. The Labute approximate surface area is 218 Å². The number of hydrogen-bond donors (Lipinski definition) is 0. The molecule has 0 aromatic heterocycles. The van der Waals surface area contributed by atoms with Crippen molar-refractivity contribution in [1.82, 2.24) is 0 Å². The Kier molecular flexibility index (Phi) is 8.69. The second-order valence-electron chi connectivity index (χ2n) is 9.62. The van der Waals surface area contributed by atoms with Crippen LogP contribution in [0, 0.1) is 36.0 Å². The Morgan fingerprint density at radius 2 is 1.55 bits per heavy atom. The maximum Gasteiger partial charge on any atom is 0.341 e. The van der Waals surface area contributed by atoms with Gasteiger partial charge in [-0.3, -0.25) is 0 Å². The van der Waals surface area contributed by atoms with Crippen molar-refractivity contribution in [3.8, 4) is 16.9 Å². The summed E-state index contributed by atoms with van der Waals surface area (Å²) in [4.78, 5) is 12.4. The van der Waals surface area contributed by atoms with E-state index >= 15 is 4.39 Å². The molecule has 0 unspecified atom stereocenters. The fourth-order valence-electron chi connectivity index (χ4n) is 4.71. The summed E-state index contributed by atoms with van der Waals surface area (Å²) in [5.74, 6) is -6.45. The minimum Gasteiger partial charge on any atom is -0.490 e. The molecule has 0 saturated heterocycles. The van der Waals surface area contributed by atoms with Crippen molar-refractivity contribution < 1.29 is 36.2 Å². The van der Waals surface area contributed by atoms with Crippen molar-refractivity contribution >= 4 is 5.97 Å². The molecule has 8 heteroatoms. The van der Waals surface area contributed by atoms with Crippen LogP contribution in [0.1, 0.15) is 72.9 Å². The molecule has 38 heavy (non-hydrogen) atoms. The van der Waals surface area contributed by atoms with Gasteiger partial charge in [-0.15, -0.1) is 0 Å². The third-order valence-corrected chi connectivity index (χ3v) is 7.00. The molecule has 3 aromatic rings. The number of aryl methyl sites for hydroxylation is 1. The normalized spacial score (nSPS) is 17.3. The van der Waals surface area contributed by atoms with Crippen LogP contribution in [0.5, 0.6) is 5.75 Å². The minimum absolute atomic E-state index is 0.0296. The average molecular weight is 533 g/mol. The van der Waals surface area contributed by atoms with Crippen LogP contribution in [-0.4, -0.2) is 18.7 Å². The SMILES string of the molecule is CCCCOc1ccc(-c2ccc(C3CCC(OC(=O)c4ccc(C)c(F)c4F)CC3)cc2F)c(F)c1F. The Hall–Kier alpha value is -3.42. The predicted octanol–water partition coefficient (Wildman–Crippen LogP) is 8.42. The summed E-state index contributed by atoms with van der Waals surface area (Å²) in [5.41, 5.74) is 0.101. The van der Waals surface area contributed by atoms with E-state index < -0.39 is 46.7 Å². The molecule has 0 aliphatic heterocycles. The van der Waals surface area contributed by atoms with E-state index in [1.54, 1.807) is 6.07 Å². The van der Waals surface area contributed by atoms with E-state index in [9.17, 15) is 22.4 Å². The van der Waals surface area contributed by atoms with Crippen molar-refractivity contribution in [2.24, 2.45) is 0 Å². The van der Waals surface area contributed by atoms with Gasteiger partial charge in [0.2, 0.25) is 5.82 Å². The molecule has 0 spiro atoms. The molecule has 4 rings (SSSR count). The average Bonchev–Trinajstić information content (AvgIpc) is 2.90. The van der Waals surface area contributed by atoms with Crippen LogP contribution in [0.25, 0.3) is 11.1 Å². The van der Waals surface area contributed by atoms with Gasteiger partial charge in [0.25, 0.3) is 0 Å². The van der Waals surface area contributed by atoms with Crippen molar-refractivity contribution in [2.45, 2.75) is 64.4 Å². The Balaban J connectivity index is 1.40. The van der Waals surface area contributed by atoms with Gasteiger partial charge in [-0.1, -0.05) is 31.5 Å². The van der Waals surface area contributed by atoms with Crippen LogP contribution >= 0.6 is 0 Å². The van der Waals surface area contributed by atoms with Gasteiger partial charge in [-0.2, -0.15) is 4.39 Å². The quantitative estimate of drug-likeness (QED) is 0.166. The van der Waals surface area contributed by atoms with E-state index in [0.717, 1.165) is 6.42 Å². The van der Waals surface area contributed by atoms with Crippen LogP contribution < -0.4 is 4.74 Å². The molecular formula is C30H29F5O3. The summed E-state index contributed by atoms with van der Waals surface area (Å²) in [6.45, 7) is 3.62. The van der Waals surface area contributed by atoms with Gasteiger partial charge in [0.15, 0.2) is 23.2 Å². The summed E-state index contributed by atoms with van der Waals surface area (Å²) < 4.78 is 82.8. The molecule has 0 heterocycles. The molecule has 202 valence electrons. The first-order valence-electron chi connectivity index (χ1n) is 12.8. The number of rotatable bonds is 8. The highest BCUT2D eigenvalue weighted by Crippen LogP contribution is 2.37. The summed E-state index contributed by atoms with van der Waals surface area (Å²) in [7, 11) is 0. The van der Waals surface area contributed by atoms with Gasteiger partial charge in [0.1, 0.15) is 11.9 Å². The molecule has 1 aliphatic rings. The lowest BCUT2D eigenvalue weighted by atomic mass is 9.82. The Bertz CT molecular complexity index is 1320. The third kappa shape index (κ3) is 5.84. The topological polar surface area (TPSA) is 35.5 Å². The summed E-state index contributed by atoms with van der Waals surface area (Å²) in [5, 5.41) is 0.